The summed E-state index contributed by atoms with van der Waals surface area (Å²) >= 11 is 0. The minimum absolute atomic E-state index is 0.294. The number of carbonyl (C=O) groups is 1. The first-order valence-corrected chi connectivity index (χ1v) is 10.5. The van der Waals surface area contributed by atoms with Gasteiger partial charge < -0.3 is 14.7 Å². The van der Waals surface area contributed by atoms with Gasteiger partial charge in [-0.15, -0.1) is 0 Å². The van der Waals surface area contributed by atoms with Crippen molar-refractivity contribution >= 4 is 5.97 Å². The van der Waals surface area contributed by atoms with E-state index in [1.807, 2.05) is 0 Å². The molecular formula is C24H29F2NO3. The molecule has 162 valence electrons. The standard InChI is InChI=1S/C24H29F2NO3/c1-17(24(28)29)16-18-10-12-27(13-11-18)14-15-30-23(19-2-6-21(25)7-3-19)20-4-8-22(26)9-5-20/h2-9,17-18,23H,10-16H2,1H3,(H,28,29). The van der Waals surface area contributed by atoms with Crippen LogP contribution >= 0.6 is 0 Å². The van der Waals surface area contributed by atoms with E-state index in [1.165, 1.54) is 24.3 Å². The smallest absolute Gasteiger partial charge is 0.306 e. The Morgan fingerprint density at radius 1 is 1.03 bits per heavy atom. The summed E-state index contributed by atoms with van der Waals surface area (Å²) in [5.41, 5.74) is 1.65. The fraction of sp³-hybridized carbons (Fsp3) is 0.458. The average molecular weight is 417 g/mol. The summed E-state index contributed by atoms with van der Waals surface area (Å²) in [7, 11) is 0. The van der Waals surface area contributed by atoms with Gasteiger partial charge in [-0.3, -0.25) is 4.79 Å². The van der Waals surface area contributed by atoms with Crippen molar-refractivity contribution in [2.75, 3.05) is 26.2 Å². The summed E-state index contributed by atoms with van der Waals surface area (Å²) in [5.74, 6) is -1.18. The van der Waals surface area contributed by atoms with Crippen molar-refractivity contribution in [3.05, 3.63) is 71.3 Å². The minimum atomic E-state index is -0.724. The molecule has 1 saturated heterocycles. The lowest BCUT2D eigenvalue weighted by molar-refractivity contribution is -0.141. The Hall–Kier alpha value is -2.31. The van der Waals surface area contributed by atoms with E-state index in [9.17, 15) is 13.6 Å². The molecule has 1 aliphatic heterocycles. The third-order valence-electron chi connectivity index (χ3n) is 5.85. The van der Waals surface area contributed by atoms with Crippen molar-refractivity contribution in [3.63, 3.8) is 0 Å². The molecule has 3 rings (SSSR count). The molecule has 2 aromatic rings. The molecule has 1 fully saturated rings. The highest BCUT2D eigenvalue weighted by Gasteiger charge is 2.24. The van der Waals surface area contributed by atoms with Gasteiger partial charge in [0.05, 0.1) is 12.5 Å². The third kappa shape index (κ3) is 6.34. The highest BCUT2D eigenvalue weighted by molar-refractivity contribution is 5.69. The molecule has 1 atom stereocenters. The summed E-state index contributed by atoms with van der Waals surface area (Å²) < 4.78 is 32.8. The first-order chi connectivity index (χ1) is 14.4. The molecule has 1 heterocycles. The normalized spacial score (nSPS) is 16.7. The van der Waals surface area contributed by atoms with Crippen molar-refractivity contribution in [2.24, 2.45) is 11.8 Å². The van der Waals surface area contributed by atoms with Crippen LogP contribution in [0.1, 0.15) is 43.4 Å². The first-order valence-electron chi connectivity index (χ1n) is 10.5. The number of aliphatic carboxylic acids is 1. The van der Waals surface area contributed by atoms with E-state index < -0.39 is 5.97 Å². The lowest BCUT2D eigenvalue weighted by Crippen LogP contribution is -2.37. The lowest BCUT2D eigenvalue weighted by atomic mass is 9.88. The summed E-state index contributed by atoms with van der Waals surface area (Å²) in [6.07, 6.45) is 2.34. The van der Waals surface area contributed by atoms with Gasteiger partial charge in [0.1, 0.15) is 17.7 Å². The maximum atomic E-state index is 13.3. The van der Waals surface area contributed by atoms with Gasteiger partial charge >= 0.3 is 5.97 Å². The van der Waals surface area contributed by atoms with Crippen molar-refractivity contribution in [3.8, 4) is 0 Å². The molecule has 0 saturated carbocycles. The summed E-state index contributed by atoms with van der Waals surface area (Å²) in [6.45, 7) is 4.89. The Kier molecular flexibility index (Phi) is 7.94. The number of carboxylic acids is 1. The number of halogens is 2. The van der Waals surface area contributed by atoms with Crippen LogP contribution in [0.25, 0.3) is 0 Å². The van der Waals surface area contributed by atoms with Crippen molar-refractivity contribution in [1.82, 2.24) is 4.90 Å². The largest absolute Gasteiger partial charge is 0.481 e. The number of nitrogens with zero attached hydrogens (tertiary/aromatic N) is 1. The van der Waals surface area contributed by atoms with Gasteiger partial charge in [-0.2, -0.15) is 0 Å². The Morgan fingerprint density at radius 3 is 2.00 bits per heavy atom. The zero-order valence-electron chi connectivity index (χ0n) is 17.3. The van der Waals surface area contributed by atoms with Crippen molar-refractivity contribution < 1.29 is 23.4 Å². The fourth-order valence-electron chi connectivity index (χ4n) is 4.01. The van der Waals surface area contributed by atoms with E-state index in [-0.39, 0.29) is 23.7 Å². The molecule has 0 bridgehead atoms. The molecule has 30 heavy (non-hydrogen) atoms. The zero-order valence-corrected chi connectivity index (χ0v) is 17.3. The Labute approximate surface area is 176 Å². The fourth-order valence-corrected chi connectivity index (χ4v) is 4.01. The highest BCUT2D eigenvalue weighted by Crippen LogP contribution is 2.27. The SMILES string of the molecule is CC(CC1CCN(CCOC(c2ccc(F)cc2)c2ccc(F)cc2)CC1)C(=O)O. The number of hydrogen-bond acceptors (Lipinski definition) is 3. The van der Waals surface area contributed by atoms with Gasteiger partial charge in [0.2, 0.25) is 0 Å². The second-order valence-electron chi connectivity index (χ2n) is 8.11. The molecule has 0 aliphatic carbocycles. The van der Waals surface area contributed by atoms with Crippen LogP contribution in [0.3, 0.4) is 0 Å². The second-order valence-corrected chi connectivity index (χ2v) is 8.11. The van der Waals surface area contributed by atoms with E-state index in [1.54, 1.807) is 31.2 Å². The zero-order chi connectivity index (χ0) is 21.5. The second kappa shape index (κ2) is 10.6. The Balaban J connectivity index is 1.53. The molecule has 4 nitrogen and oxygen atoms in total. The first kappa shape index (κ1) is 22.4. The molecule has 1 N–H and O–H groups in total. The van der Waals surface area contributed by atoms with Crippen molar-refractivity contribution in [1.29, 1.82) is 0 Å². The number of ether oxygens (including phenoxy) is 1. The number of likely N-dealkylation sites (tertiary alicyclic amines) is 1. The van der Waals surface area contributed by atoms with Gasteiger partial charge in [0.25, 0.3) is 0 Å². The molecule has 0 radical (unpaired) electrons. The quantitative estimate of drug-likeness (QED) is 0.631. The molecule has 0 aromatic heterocycles. The molecule has 1 aliphatic rings. The van der Waals surface area contributed by atoms with Crippen molar-refractivity contribution in [2.45, 2.75) is 32.3 Å². The summed E-state index contributed by atoms with van der Waals surface area (Å²) in [5, 5.41) is 9.08. The Morgan fingerprint density at radius 2 is 1.53 bits per heavy atom. The molecule has 0 amide bonds. The summed E-state index contributed by atoms with van der Waals surface area (Å²) in [6, 6.07) is 12.4. The predicted molar refractivity (Wildman–Crippen MR) is 111 cm³/mol. The Bertz CT molecular complexity index is 757. The maximum absolute atomic E-state index is 13.3. The third-order valence-corrected chi connectivity index (χ3v) is 5.85. The number of benzene rings is 2. The van der Waals surface area contributed by atoms with Crippen LogP contribution < -0.4 is 0 Å². The average Bonchev–Trinajstić information content (AvgIpc) is 2.74. The number of hydrogen-bond donors (Lipinski definition) is 1. The molecule has 0 spiro atoms. The minimum Gasteiger partial charge on any atom is -0.481 e. The van der Waals surface area contributed by atoms with Crippen LogP contribution in [-0.2, 0) is 9.53 Å². The molecule has 6 heteroatoms. The van der Waals surface area contributed by atoms with E-state index in [0.29, 0.717) is 12.5 Å². The predicted octanol–water partition coefficient (Wildman–Crippen LogP) is 4.89. The van der Waals surface area contributed by atoms with Crippen LogP contribution in [0.5, 0.6) is 0 Å². The van der Waals surface area contributed by atoms with Gasteiger partial charge in [-0.25, -0.2) is 8.78 Å². The van der Waals surface area contributed by atoms with Gasteiger partial charge in [-0.1, -0.05) is 31.2 Å². The van der Waals surface area contributed by atoms with Crippen LogP contribution in [0.2, 0.25) is 0 Å². The van der Waals surface area contributed by atoms with Crippen LogP contribution in [-0.4, -0.2) is 42.2 Å². The topological polar surface area (TPSA) is 49.8 Å². The molecular weight excluding hydrogens is 388 g/mol. The van der Waals surface area contributed by atoms with Gasteiger partial charge in [-0.05, 0) is 73.7 Å². The van der Waals surface area contributed by atoms with E-state index in [4.69, 9.17) is 9.84 Å². The molecule has 1 unspecified atom stereocenters. The number of carboxylic acid groups (broad SMARTS) is 1. The van der Waals surface area contributed by atoms with Gasteiger partial charge in [0, 0.05) is 6.54 Å². The lowest BCUT2D eigenvalue weighted by Gasteiger charge is -2.33. The number of piperidine rings is 1. The number of rotatable bonds is 9. The van der Waals surface area contributed by atoms with Crippen LogP contribution in [0.15, 0.2) is 48.5 Å². The monoisotopic (exact) mass is 417 g/mol. The van der Waals surface area contributed by atoms with Crippen LogP contribution in [0.4, 0.5) is 8.78 Å². The van der Waals surface area contributed by atoms with Gasteiger partial charge in [0.15, 0.2) is 0 Å². The summed E-state index contributed by atoms with van der Waals surface area (Å²) in [4.78, 5) is 13.4. The van der Waals surface area contributed by atoms with E-state index >= 15 is 0 Å². The van der Waals surface area contributed by atoms with E-state index in [0.717, 1.165) is 50.0 Å². The molecule has 2 aromatic carbocycles. The highest BCUT2D eigenvalue weighted by atomic mass is 19.1. The van der Waals surface area contributed by atoms with E-state index in [2.05, 4.69) is 4.90 Å². The maximum Gasteiger partial charge on any atom is 0.306 e. The van der Waals surface area contributed by atoms with Crippen LogP contribution in [0, 0.1) is 23.5 Å².